The third-order valence-corrected chi connectivity index (χ3v) is 2.34. The third kappa shape index (κ3) is 2.67. The molecule has 0 saturated carbocycles. The fraction of sp³-hybridized carbons (Fsp3) is 0.182. The van der Waals surface area contributed by atoms with Gasteiger partial charge in [0.25, 0.3) is 0 Å². The summed E-state index contributed by atoms with van der Waals surface area (Å²) < 4.78 is 0. The molecule has 2 aromatic rings. The summed E-state index contributed by atoms with van der Waals surface area (Å²) >= 11 is 5.77. The van der Waals surface area contributed by atoms with Crippen LogP contribution in [0.5, 0.6) is 0 Å². The largest absolute Gasteiger partial charge is 0.378 e. The number of rotatable bonds is 3. The van der Waals surface area contributed by atoms with Crippen LogP contribution in [0.2, 0.25) is 5.15 Å². The summed E-state index contributed by atoms with van der Waals surface area (Å²) in [6.45, 7) is 2.53. The minimum atomic E-state index is 0.502. The van der Waals surface area contributed by atoms with Crippen LogP contribution in [0, 0.1) is 6.92 Å². The topological polar surface area (TPSA) is 50.7 Å². The molecule has 0 radical (unpaired) electrons. The predicted molar refractivity (Wildman–Crippen MR) is 63.3 cm³/mol. The molecule has 5 heteroatoms. The highest BCUT2D eigenvalue weighted by Crippen LogP contribution is 2.16. The zero-order valence-corrected chi connectivity index (χ0v) is 9.57. The quantitative estimate of drug-likeness (QED) is 0.829. The van der Waals surface area contributed by atoms with E-state index in [0.29, 0.717) is 11.7 Å². The van der Waals surface area contributed by atoms with Crippen molar-refractivity contribution in [2.75, 3.05) is 5.32 Å². The number of nitrogens with one attached hydrogen (secondary N) is 1. The summed E-state index contributed by atoms with van der Waals surface area (Å²) in [6.07, 6.45) is 5.05. The summed E-state index contributed by atoms with van der Waals surface area (Å²) in [5, 5.41) is 3.74. The summed E-state index contributed by atoms with van der Waals surface area (Å²) in [4.78, 5) is 12.3. The van der Waals surface area contributed by atoms with Gasteiger partial charge in [0.05, 0.1) is 29.8 Å². The Morgan fingerprint density at radius 1 is 1.31 bits per heavy atom. The fourth-order valence-electron chi connectivity index (χ4n) is 1.32. The fourth-order valence-corrected chi connectivity index (χ4v) is 1.51. The Bertz CT molecular complexity index is 473. The standard InChI is InChI=1S/C11H11ClN4/c1-8-10(2-3-11(12)16-8)15-7-9-6-13-4-5-14-9/h2-6,15H,7H2,1H3. The Balaban J connectivity index is 2.05. The van der Waals surface area contributed by atoms with E-state index in [1.807, 2.05) is 13.0 Å². The summed E-state index contributed by atoms with van der Waals surface area (Å²) in [5.41, 5.74) is 2.71. The van der Waals surface area contributed by atoms with Crippen molar-refractivity contribution in [1.29, 1.82) is 0 Å². The smallest absolute Gasteiger partial charge is 0.129 e. The summed E-state index contributed by atoms with van der Waals surface area (Å²) in [7, 11) is 0. The molecular formula is C11H11ClN4. The van der Waals surface area contributed by atoms with Gasteiger partial charge in [0, 0.05) is 12.4 Å². The van der Waals surface area contributed by atoms with E-state index in [9.17, 15) is 0 Å². The number of pyridine rings is 1. The molecular weight excluding hydrogens is 224 g/mol. The molecule has 2 heterocycles. The van der Waals surface area contributed by atoms with Crippen LogP contribution in [0.25, 0.3) is 0 Å². The van der Waals surface area contributed by atoms with Crippen LogP contribution in [-0.4, -0.2) is 15.0 Å². The van der Waals surface area contributed by atoms with Crippen molar-refractivity contribution in [3.05, 3.63) is 47.3 Å². The molecule has 0 aliphatic heterocycles. The predicted octanol–water partition coefficient (Wildman–Crippen LogP) is 2.45. The van der Waals surface area contributed by atoms with Crippen LogP contribution >= 0.6 is 11.6 Å². The molecule has 0 unspecified atom stereocenters. The van der Waals surface area contributed by atoms with Crippen LogP contribution in [0.15, 0.2) is 30.7 Å². The first kappa shape index (κ1) is 10.8. The van der Waals surface area contributed by atoms with Crippen molar-refractivity contribution in [2.45, 2.75) is 13.5 Å². The number of aromatic nitrogens is 3. The first-order valence-corrected chi connectivity index (χ1v) is 5.25. The van der Waals surface area contributed by atoms with Gasteiger partial charge in [-0.3, -0.25) is 9.97 Å². The molecule has 0 aromatic carbocycles. The number of nitrogens with zero attached hydrogens (tertiary/aromatic N) is 3. The van der Waals surface area contributed by atoms with Gasteiger partial charge in [-0.1, -0.05) is 11.6 Å². The molecule has 0 amide bonds. The highest BCUT2D eigenvalue weighted by atomic mass is 35.5. The molecule has 1 N–H and O–H groups in total. The molecule has 82 valence electrons. The highest BCUT2D eigenvalue weighted by molar-refractivity contribution is 6.29. The van der Waals surface area contributed by atoms with E-state index in [2.05, 4.69) is 20.3 Å². The maximum Gasteiger partial charge on any atom is 0.129 e. The van der Waals surface area contributed by atoms with Gasteiger partial charge in [-0.2, -0.15) is 0 Å². The van der Waals surface area contributed by atoms with E-state index in [-0.39, 0.29) is 0 Å². The monoisotopic (exact) mass is 234 g/mol. The van der Waals surface area contributed by atoms with Gasteiger partial charge < -0.3 is 5.32 Å². The molecule has 16 heavy (non-hydrogen) atoms. The van der Waals surface area contributed by atoms with E-state index in [1.54, 1.807) is 24.7 Å². The SMILES string of the molecule is Cc1nc(Cl)ccc1NCc1cnccn1. The number of aryl methyl sites for hydroxylation is 1. The van der Waals surface area contributed by atoms with E-state index < -0.39 is 0 Å². The van der Waals surface area contributed by atoms with Crippen LogP contribution in [0.3, 0.4) is 0 Å². The molecule has 0 fully saturated rings. The minimum absolute atomic E-state index is 0.502. The van der Waals surface area contributed by atoms with E-state index >= 15 is 0 Å². The Labute approximate surface area is 98.7 Å². The number of hydrogen-bond donors (Lipinski definition) is 1. The number of anilines is 1. The molecule has 0 aliphatic rings. The van der Waals surface area contributed by atoms with Gasteiger partial charge in [0.1, 0.15) is 5.15 Å². The van der Waals surface area contributed by atoms with Gasteiger partial charge in [0.15, 0.2) is 0 Å². The third-order valence-electron chi connectivity index (χ3n) is 2.13. The van der Waals surface area contributed by atoms with Crippen LogP contribution in [-0.2, 0) is 6.54 Å². The minimum Gasteiger partial charge on any atom is -0.378 e. The Hall–Kier alpha value is -1.68. The van der Waals surface area contributed by atoms with Crippen molar-refractivity contribution >= 4 is 17.3 Å². The Morgan fingerprint density at radius 3 is 2.88 bits per heavy atom. The molecule has 0 atom stereocenters. The van der Waals surface area contributed by atoms with Crippen molar-refractivity contribution in [2.24, 2.45) is 0 Å². The lowest BCUT2D eigenvalue weighted by Crippen LogP contribution is -2.03. The van der Waals surface area contributed by atoms with Gasteiger partial charge in [0.2, 0.25) is 0 Å². The second-order valence-corrected chi connectivity index (χ2v) is 3.70. The lowest BCUT2D eigenvalue weighted by Gasteiger charge is -2.08. The maximum absolute atomic E-state index is 5.77. The zero-order valence-electron chi connectivity index (χ0n) is 8.81. The Kier molecular flexibility index (Phi) is 3.31. The van der Waals surface area contributed by atoms with Crippen LogP contribution in [0.1, 0.15) is 11.4 Å². The van der Waals surface area contributed by atoms with Crippen molar-refractivity contribution < 1.29 is 0 Å². The zero-order chi connectivity index (χ0) is 11.4. The molecule has 0 saturated heterocycles. The lowest BCUT2D eigenvalue weighted by atomic mass is 10.3. The summed E-state index contributed by atoms with van der Waals surface area (Å²) in [5.74, 6) is 0. The molecule has 0 spiro atoms. The van der Waals surface area contributed by atoms with Crippen molar-refractivity contribution in [1.82, 2.24) is 15.0 Å². The molecule has 4 nitrogen and oxygen atoms in total. The van der Waals surface area contributed by atoms with E-state index in [0.717, 1.165) is 17.1 Å². The van der Waals surface area contributed by atoms with Crippen LogP contribution < -0.4 is 5.32 Å². The first-order chi connectivity index (χ1) is 7.75. The Morgan fingerprint density at radius 2 is 2.19 bits per heavy atom. The lowest BCUT2D eigenvalue weighted by molar-refractivity contribution is 1.00. The second kappa shape index (κ2) is 4.90. The van der Waals surface area contributed by atoms with Gasteiger partial charge >= 0.3 is 0 Å². The summed E-state index contributed by atoms with van der Waals surface area (Å²) in [6, 6.07) is 3.66. The van der Waals surface area contributed by atoms with E-state index in [1.165, 1.54) is 0 Å². The molecule has 0 aliphatic carbocycles. The molecule has 2 rings (SSSR count). The van der Waals surface area contributed by atoms with Gasteiger partial charge in [-0.15, -0.1) is 0 Å². The van der Waals surface area contributed by atoms with Gasteiger partial charge in [-0.25, -0.2) is 4.98 Å². The average molecular weight is 235 g/mol. The number of hydrogen-bond acceptors (Lipinski definition) is 4. The average Bonchev–Trinajstić information content (AvgIpc) is 2.29. The van der Waals surface area contributed by atoms with Gasteiger partial charge in [-0.05, 0) is 19.1 Å². The second-order valence-electron chi connectivity index (χ2n) is 3.32. The van der Waals surface area contributed by atoms with Crippen molar-refractivity contribution in [3.8, 4) is 0 Å². The first-order valence-electron chi connectivity index (χ1n) is 4.87. The van der Waals surface area contributed by atoms with E-state index in [4.69, 9.17) is 11.6 Å². The molecule has 0 bridgehead atoms. The van der Waals surface area contributed by atoms with Crippen molar-refractivity contribution in [3.63, 3.8) is 0 Å². The van der Waals surface area contributed by atoms with Crippen LogP contribution in [0.4, 0.5) is 5.69 Å². The maximum atomic E-state index is 5.77. The number of halogens is 1. The normalized spacial score (nSPS) is 10.1. The molecule has 2 aromatic heterocycles. The highest BCUT2D eigenvalue weighted by Gasteiger charge is 2.00.